The third-order valence-electron chi connectivity index (χ3n) is 4.73. The van der Waals surface area contributed by atoms with Gasteiger partial charge < -0.3 is 9.47 Å². The summed E-state index contributed by atoms with van der Waals surface area (Å²) in [4.78, 5) is 25.9. The summed E-state index contributed by atoms with van der Waals surface area (Å²) in [6.07, 6.45) is 1.10. The number of benzene rings is 1. The third kappa shape index (κ3) is 3.08. The molecule has 0 radical (unpaired) electrons. The van der Waals surface area contributed by atoms with Crippen LogP contribution < -0.4 is 16.1 Å². The Balaban J connectivity index is 1.87. The molecule has 1 aliphatic rings. The molecule has 0 bridgehead atoms. The Hall–Kier alpha value is -2.39. The number of aromatic nitrogens is 2. The zero-order valence-electron chi connectivity index (χ0n) is 15.0. The van der Waals surface area contributed by atoms with Crippen molar-refractivity contribution in [2.75, 3.05) is 31.1 Å². The molecule has 1 aromatic carbocycles. The van der Waals surface area contributed by atoms with Crippen LogP contribution in [-0.2, 0) is 24.1 Å². The number of rotatable bonds is 3. The van der Waals surface area contributed by atoms with E-state index in [0.717, 1.165) is 26.6 Å². The second-order valence-corrected chi connectivity index (χ2v) is 8.33. The number of sulfonamides is 1. The number of anilines is 1. The summed E-state index contributed by atoms with van der Waals surface area (Å²) in [7, 11) is -1.25. The zero-order valence-corrected chi connectivity index (χ0v) is 15.9. The van der Waals surface area contributed by atoms with Crippen molar-refractivity contribution in [3.63, 3.8) is 0 Å². The summed E-state index contributed by atoms with van der Waals surface area (Å²) in [5, 5.41) is 0. The number of hydrogen-bond donors (Lipinski definition) is 0. The summed E-state index contributed by atoms with van der Waals surface area (Å²) in [6, 6.07) is 7.96. The van der Waals surface area contributed by atoms with Crippen molar-refractivity contribution in [2.45, 2.75) is 11.8 Å². The summed E-state index contributed by atoms with van der Waals surface area (Å²) >= 11 is 0. The van der Waals surface area contributed by atoms with Gasteiger partial charge in [-0.15, -0.1) is 0 Å². The van der Waals surface area contributed by atoms with Gasteiger partial charge in [0.25, 0.3) is 5.56 Å². The molecular weight excluding hydrogens is 356 g/mol. The van der Waals surface area contributed by atoms with Gasteiger partial charge in [0, 0.05) is 52.2 Å². The normalized spacial score (nSPS) is 16.0. The van der Waals surface area contributed by atoms with Crippen molar-refractivity contribution in [1.29, 1.82) is 0 Å². The van der Waals surface area contributed by atoms with E-state index in [2.05, 4.69) is 4.90 Å². The zero-order chi connectivity index (χ0) is 19.1. The van der Waals surface area contributed by atoms with Crippen LogP contribution in [0.15, 0.2) is 44.9 Å². The number of piperazine rings is 1. The molecule has 1 aromatic heterocycles. The van der Waals surface area contributed by atoms with E-state index >= 15 is 0 Å². The van der Waals surface area contributed by atoms with Crippen LogP contribution in [0.2, 0.25) is 0 Å². The molecule has 0 spiro atoms. The largest absolute Gasteiger partial charge is 0.369 e. The summed E-state index contributed by atoms with van der Waals surface area (Å²) in [5.41, 5.74) is 0.867. The van der Waals surface area contributed by atoms with Gasteiger partial charge in [-0.05, 0) is 18.6 Å². The Morgan fingerprint density at radius 2 is 1.58 bits per heavy atom. The van der Waals surface area contributed by atoms with Gasteiger partial charge >= 0.3 is 5.69 Å². The van der Waals surface area contributed by atoms with Crippen molar-refractivity contribution in [3.8, 4) is 0 Å². The lowest BCUT2D eigenvalue weighted by Crippen LogP contribution is -2.50. The molecule has 140 valence electrons. The molecule has 0 aliphatic carbocycles. The Bertz CT molecular complexity index is 1050. The Labute approximate surface area is 151 Å². The van der Waals surface area contributed by atoms with Crippen molar-refractivity contribution in [3.05, 3.63) is 56.9 Å². The first kappa shape index (κ1) is 18.4. The second-order valence-electron chi connectivity index (χ2n) is 6.43. The molecule has 0 atom stereocenters. The quantitative estimate of drug-likeness (QED) is 0.745. The molecule has 2 aromatic rings. The van der Waals surface area contributed by atoms with E-state index < -0.39 is 21.3 Å². The number of para-hydroxylation sites is 1. The van der Waals surface area contributed by atoms with Crippen LogP contribution in [0.3, 0.4) is 0 Å². The van der Waals surface area contributed by atoms with E-state index in [9.17, 15) is 18.0 Å². The topological polar surface area (TPSA) is 84.6 Å². The first-order valence-electron chi connectivity index (χ1n) is 8.31. The van der Waals surface area contributed by atoms with Gasteiger partial charge in [0.1, 0.15) is 0 Å². The van der Waals surface area contributed by atoms with Crippen LogP contribution in [-0.4, -0.2) is 48.0 Å². The molecular formula is C17H22N4O4S. The fourth-order valence-electron chi connectivity index (χ4n) is 3.18. The average molecular weight is 378 g/mol. The van der Waals surface area contributed by atoms with E-state index in [1.54, 1.807) is 0 Å². The third-order valence-corrected chi connectivity index (χ3v) is 6.61. The van der Waals surface area contributed by atoms with Gasteiger partial charge in [-0.25, -0.2) is 13.2 Å². The molecule has 1 aliphatic heterocycles. The molecule has 0 N–H and O–H groups in total. The molecule has 0 unspecified atom stereocenters. The van der Waals surface area contributed by atoms with Crippen molar-refractivity contribution >= 4 is 15.7 Å². The molecule has 8 nitrogen and oxygen atoms in total. The lowest BCUT2D eigenvalue weighted by atomic mass is 10.1. The Kier molecular flexibility index (Phi) is 4.76. The van der Waals surface area contributed by atoms with Crippen LogP contribution >= 0.6 is 0 Å². The molecule has 1 saturated heterocycles. The first-order valence-corrected chi connectivity index (χ1v) is 9.75. The predicted molar refractivity (Wildman–Crippen MR) is 99.1 cm³/mol. The first-order chi connectivity index (χ1) is 12.2. The molecule has 0 amide bonds. The highest BCUT2D eigenvalue weighted by Gasteiger charge is 2.32. The van der Waals surface area contributed by atoms with Crippen LogP contribution in [0.5, 0.6) is 0 Å². The van der Waals surface area contributed by atoms with Crippen molar-refractivity contribution in [2.24, 2.45) is 14.1 Å². The van der Waals surface area contributed by atoms with Gasteiger partial charge in [-0.3, -0.25) is 9.36 Å². The van der Waals surface area contributed by atoms with E-state index in [1.807, 2.05) is 31.2 Å². The monoisotopic (exact) mass is 378 g/mol. The van der Waals surface area contributed by atoms with Crippen LogP contribution in [0.4, 0.5) is 5.69 Å². The van der Waals surface area contributed by atoms with E-state index in [1.165, 1.54) is 18.4 Å². The Morgan fingerprint density at radius 3 is 2.19 bits per heavy atom. The summed E-state index contributed by atoms with van der Waals surface area (Å²) in [5.74, 6) is 0. The highest BCUT2D eigenvalue weighted by molar-refractivity contribution is 7.89. The minimum absolute atomic E-state index is 0.280. The van der Waals surface area contributed by atoms with Gasteiger partial charge in [-0.2, -0.15) is 4.31 Å². The molecule has 2 heterocycles. The second kappa shape index (κ2) is 6.73. The molecule has 26 heavy (non-hydrogen) atoms. The minimum atomic E-state index is -3.96. The number of hydrogen-bond acceptors (Lipinski definition) is 5. The van der Waals surface area contributed by atoms with Crippen LogP contribution in [0.1, 0.15) is 5.56 Å². The maximum atomic E-state index is 12.9. The number of nitrogens with zero attached hydrogens (tertiary/aromatic N) is 4. The lowest BCUT2D eigenvalue weighted by molar-refractivity contribution is 0.383. The SMILES string of the molecule is Cc1ccccc1N1CCN(S(=O)(=O)c2cn(C)c(=O)n(C)c2=O)CC1. The van der Waals surface area contributed by atoms with E-state index in [0.29, 0.717) is 13.1 Å². The maximum Gasteiger partial charge on any atom is 0.330 e. The smallest absolute Gasteiger partial charge is 0.330 e. The van der Waals surface area contributed by atoms with E-state index in [-0.39, 0.29) is 18.0 Å². The number of aryl methyl sites for hydroxylation is 2. The molecule has 3 rings (SSSR count). The minimum Gasteiger partial charge on any atom is -0.369 e. The van der Waals surface area contributed by atoms with Gasteiger partial charge in [0.05, 0.1) is 0 Å². The standard InChI is InChI=1S/C17H22N4O4S/c1-13-6-4-5-7-14(13)20-8-10-21(11-9-20)26(24,25)15-12-18(2)17(23)19(3)16(15)22/h4-7,12H,8-11H2,1-3H3. The maximum absolute atomic E-state index is 12.9. The summed E-state index contributed by atoms with van der Waals surface area (Å²) < 4.78 is 29.1. The van der Waals surface area contributed by atoms with Crippen molar-refractivity contribution < 1.29 is 8.42 Å². The van der Waals surface area contributed by atoms with Crippen LogP contribution in [0.25, 0.3) is 0 Å². The van der Waals surface area contributed by atoms with Gasteiger partial charge in [0.2, 0.25) is 10.0 Å². The van der Waals surface area contributed by atoms with Gasteiger partial charge in [-0.1, -0.05) is 18.2 Å². The molecule has 0 saturated carbocycles. The fourth-order valence-corrected chi connectivity index (χ4v) is 4.75. The average Bonchev–Trinajstić information content (AvgIpc) is 2.63. The van der Waals surface area contributed by atoms with Crippen LogP contribution in [0, 0.1) is 6.92 Å². The molecule has 9 heteroatoms. The fraction of sp³-hybridized carbons (Fsp3) is 0.412. The highest BCUT2D eigenvalue weighted by Crippen LogP contribution is 2.22. The molecule has 1 fully saturated rings. The highest BCUT2D eigenvalue weighted by atomic mass is 32.2. The summed E-state index contributed by atoms with van der Waals surface area (Å²) in [6.45, 7) is 3.66. The lowest BCUT2D eigenvalue weighted by Gasteiger charge is -2.36. The van der Waals surface area contributed by atoms with Gasteiger partial charge in [0.15, 0.2) is 4.90 Å². The van der Waals surface area contributed by atoms with Crippen molar-refractivity contribution in [1.82, 2.24) is 13.4 Å². The Morgan fingerprint density at radius 1 is 0.962 bits per heavy atom. The predicted octanol–water partition coefficient (Wildman–Crippen LogP) is -0.0967. The van der Waals surface area contributed by atoms with E-state index in [4.69, 9.17) is 0 Å².